The maximum absolute atomic E-state index is 5.86. The Kier molecular flexibility index (Phi) is 1.90. The van der Waals surface area contributed by atoms with Crippen molar-refractivity contribution in [1.82, 2.24) is 14.8 Å². The monoisotopic (exact) mass is 226 g/mol. The summed E-state index contributed by atoms with van der Waals surface area (Å²) in [5.74, 6) is 0.537. The lowest BCUT2D eigenvalue weighted by Gasteiger charge is -2.05. The summed E-state index contributed by atoms with van der Waals surface area (Å²) in [5, 5.41) is 6.23. The fourth-order valence-electron chi connectivity index (χ4n) is 2.17. The molecule has 0 aliphatic heterocycles. The van der Waals surface area contributed by atoms with Gasteiger partial charge in [-0.15, -0.1) is 0 Å². The Hall–Kier alpha value is -2.10. The van der Waals surface area contributed by atoms with Gasteiger partial charge < -0.3 is 5.73 Å². The van der Waals surface area contributed by atoms with Gasteiger partial charge in [-0.25, -0.2) is 9.67 Å². The third-order valence-electron chi connectivity index (χ3n) is 3.33. The summed E-state index contributed by atoms with van der Waals surface area (Å²) in [7, 11) is 1.86. The van der Waals surface area contributed by atoms with E-state index < -0.39 is 0 Å². The number of aromatic nitrogens is 3. The van der Waals surface area contributed by atoms with Crippen molar-refractivity contribution < 1.29 is 0 Å². The SMILES string of the molecule is Cc1ccc2cc3c(N)nn(C)c3nc2c1C. The summed E-state index contributed by atoms with van der Waals surface area (Å²) < 4.78 is 1.73. The third kappa shape index (κ3) is 1.30. The second-order valence-corrected chi connectivity index (χ2v) is 4.45. The maximum Gasteiger partial charge on any atom is 0.160 e. The van der Waals surface area contributed by atoms with Crippen molar-refractivity contribution >= 4 is 27.8 Å². The lowest BCUT2D eigenvalue weighted by Crippen LogP contribution is -1.94. The molecule has 0 unspecified atom stereocenters. The highest BCUT2D eigenvalue weighted by molar-refractivity contribution is 5.97. The highest BCUT2D eigenvalue weighted by Gasteiger charge is 2.10. The largest absolute Gasteiger partial charge is 0.382 e. The number of nitrogens with two attached hydrogens (primary N) is 1. The van der Waals surface area contributed by atoms with Gasteiger partial charge in [0.1, 0.15) is 0 Å². The van der Waals surface area contributed by atoms with Crippen LogP contribution in [0.2, 0.25) is 0 Å². The first-order valence-electron chi connectivity index (χ1n) is 5.57. The van der Waals surface area contributed by atoms with E-state index in [0.717, 1.165) is 21.9 Å². The lowest BCUT2D eigenvalue weighted by atomic mass is 10.0. The molecule has 3 rings (SSSR count). The number of aryl methyl sites for hydroxylation is 3. The first kappa shape index (κ1) is 10.1. The number of rotatable bonds is 0. The van der Waals surface area contributed by atoms with E-state index in [0.29, 0.717) is 5.82 Å². The molecule has 4 nitrogen and oxygen atoms in total. The number of pyridine rings is 1. The lowest BCUT2D eigenvalue weighted by molar-refractivity contribution is 0.792. The zero-order chi connectivity index (χ0) is 12.2. The van der Waals surface area contributed by atoms with Crippen LogP contribution in [0.15, 0.2) is 18.2 Å². The molecule has 2 heterocycles. The zero-order valence-electron chi connectivity index (χ0n) is 10.2. The molecule has 2 aromatic heterocycles. The molecule has 3 aromatic rings. The third-order valence-corrected chi connectivity index (χ3v) is 3.33. The van der Waals surface area contributed by atoms with Gasteiger partial charge in [-0.05, 0) is 31.0 Å². The van der Waals surface area contributed by atoms with Crippen LogP contribution in [-0.4, -0.2) is 14.8 Å². The average molecular weight is 226 g/mol. The van der Waals surface area contributed by atoms with Crippen molar-refractivity contribution in [1.29, 1.82) is 0 Å². The Bertz CT molecular complexity index is 740. The molecule has 0 aliphatic carbocycles. The molecule has 0 saturated carbocycles. The van der Waals surface area contributed by atoms with Crippen LogP contribution in [-0.2, 0) is 7.05 Å². The van der Waals surface area contributed by atoms with Crippen LogP contribution in [0.25, 0.3) is 21.9 Å². The molecular formula is C13H14N4. The number of fused-ring (bicyclic) bond motifs is 2. The summed E-state index contributed by atoms with van der Waals surface area (Å²) in [6.07, 6.45) is 0. The Morgan fingerprint density at radius 3 is 2.76 bits per heavy atom. The minimum absolute atomic E-state index is 0.537. The van der Waals surface area contributed by atoms with Crippen LogP contribution in [0.4, 0.5) is 5.82 Å². The Morgan fingerprint density at radius 2 is 2.00 bits per heavy atom. The summed E-state index contributed by atoms with van der Waals surface area (Å²) in [4.78, 5) is 4.68. The number of hydrogen-bond donors (Lipinski definition) is 1. The van der Waals surface area contributed by atoms with Crippen molar-refractivity contribution in [2.45, 2.75) is 13.8 Å². The highest BCUT2D eigenvalue weighted by atomic mass is 15.3. The highest BCUT2D eigenvalue weighted by Crippen LogP contribution is 2.26. The Balaban J connectivity index is 2.54. The van der Waals surface area contributed by atoms with Gasteiger partial charge >= 0.3 is 0 Å². The van der Waals surface area contributed by atoms with E-state index in [1.165, 1.54) is 11.1 Å². The smallest absolute Gasteiger partial charge is 0.160 e. The van der Waals surface area contributed by atoms with Gasteiger partial charge in [0, 0.05) is 12.4 Å². The fourth-order valence-corrected chi connectivity index (χ4v) is 2.17. The molecule has 0 aliphatic rings. The predicted molar refractivity (Wildman–Crippen MR) is 69.9 cm³/mol. The predicted octanol–water partition coefficient (Wildman–Crippen LogP) is 2.32. The molecule has 17 heavy (non-hydrogen) atoms. The fraction of sp³-hybridized carbons (Fsp3) is 0.231. The summed E-state index contributed by atoms with van der Waals surface area (Å²) in [5.41, 5.74) is 10.2. The van der Waals surface area contributed by atoms with Crippen LogP contribution in [0, 0.1) is 13.8 Å². The molecule has 2 N–H and O–H groups in total. The second kappa shape index (κ2) is 3.20. The van der Waals surface area contributed by atoms with Crippen LogP contribution in [0.1, 0.15) is 11.1 Å². The Labute approximate surface area is 99.1 Å². The second-order valence-electron chi connectivity index (χ2n) is 4.45. The van der Waals surface area contributed by atoms with E-state index in [1.54, 1.807) is 4.68 Å². The van der Waals surface area contributed by atoms with E-state index in [9.17, 15) is 0 Å². The van der Waals surface area contributed by atoms with Gasteiger partial charge in [0.2, 0.25) is 0 Å². The van der Waals surface area contributed by atoms with E-state index in [2.05, 4.69) is 42.1 Å². The van der Waals surface area contributed by atoms with Crippen molar-refractivity contribution in [3.8, 4) is 0 Å². The van der Waals surface area contributed by atoms with Gasteiger partial charge in [0.15, 0.2) is 11.5 Å². The van der Waals surface area contributed by atoms with E-state index in [-0.39, 0.29) is 0 Å². The van der Waals surface area contributed by atoms with Crippen LogP contribution in [0.5, 0.6) is 0 Å². The molecule has 0 fully saturated rings. The van der Waals surface area contributed by atoms with E-state index in [4.69, 9.17) is 5.73 Å². The van der Waals surface area contributed by atoms with Gasteiger partial charge in [-0.2, -0.15) is 5.10 Å². The summed E-state index contributed by atoms with van der Waals surface area (Å²) in [6.45, 7) is 4.19. The van der Waals surface area contributed by atoms with E-state index >= 15 is 0 Å². The number of nitrogens with zero attached hydrogens (tertiary/aromatic N) is 3. The minimum Gasteiger partial charge on any atom is -0.382 e. The van der Waals surface area contributed by atoms with Gasteiger partial charge in [-0.1, -0.05) is 12.1 Å². The summed E-state index contributed by atoms with van der Waals surface area (Å²) >= 11 is 0. The Morgan fingerprint density at radius 1 is 1.24 bits per heavy atom. The first-order valence-corrected chi connectivity index (χ1v) is 5.57. The van der Waals surface area contributed by atoms with Crippen LogP contribution >= 0.6 is 0 Å². The number of benzene rings is 1. The van der Waals surface area contributed by atoms with Crippen molar-refractivity contribution in [3.05, 3.63) is 29.3 Å². The van der Waals surface area contributed by atoms with Gasteiger partial charge in [-0.3, -0.25) is 0 Å². The van der Waals surface area contributed by atoms with Crippen LogP contribution in [0.3, 0.4) is 0 Å². The number of hydrogen-bond acceptors (Lipinski definition) is 3. The van der Waals surface area contributed by atoms with Crippen molar-refractivity contribution in [2.24, 2.45) is 7.05 Å². The molecule has 86 valence electrons. The molecule has 0 atom stereocenters. The van der Waals surface area contributed by atoms with Crippen LogP contribution < -0.4 is 5.73 Å². The maximum atomic E-state index is 5.86. The molecule has 0 amide bonds. The van der Waals surface area contributed by atoms with Crippen molar-refractivity contribution in [2.75, 3.05) is 5.73 Å². The molecular weight excluding hydrogens is 212 g/mol. The summed E-state index contributed by atoms with van der Waals surface area (Å²) in [6, 6.07) is 6.25. The minimum atomic E-state index is 0.537. The van der Waals surface area contributed by atoms with Gasteiger partial charge in [0.25, 0.3) is 0 Å². The topological polar surface area (TPSA) is 56.7 Å². The standard InChI is InChI=1S/C13H14N4/c1-7-4-5-9-6-10-12(14)16-17(3)13(10)15-11(9)8(7)2/h4-6H,1-3H3,(H2,14,16). The number of anilines is 1. The quantitative estimate of drug-likeness (QED) is 0.640. The van der Waals surface area contributed by atoms with Crippen molar-refractivity contribution in [3.63, 3.8) is 0 Å². The zero-order valence-corrected chi connectivity index (χ0v) is 10.2. The average Bonchev–Trinajstić information content (AvgIpc) is 2.58. The molecule has 0 saturated heterocycles. The number of nitrogen functional groups attached to an aromatic ring is 1. The molecule has 0 spiro atoms. The molecule has 0 radical (unpaired) electrons. The molecule has 4 heteroatoms. The molecule has 0 bridgehead atoms. The normalized spacial score (nSPS) is 11.5. The van der Waals surface area contributed by atoms with Gasteiger partial charge in [0.05, 0.1) is 10.9 Å². The first-order chi connectivity index (χ1) is 8.08. The van der Waals surface area contributed by atoms with E-state index in [1.807, 2.05) is 7.05 Å². The molecule has 1 aromatic carbocycles.